The van der Waals surface area contributed by atoms with E-state index in [0.29, 0.717) is 30.4 Å². The highest BCUT2D eigenvalue weighted by Gasteiger charge is 2.30. The number of thioether (sulfide) groups is 1. The molecular weight excluding hydrogens is 410 g/mol. The van der Waals surface area contributed by atoms with Gasteiger partial charge in [-0.2, -0.15) is 0 Å². The number of carbonyl (C=O) groups excluding carboxylic acids is 2. The SMILES string of the molecule is C=C1c2ccccc2C(=O)N1CCC(=O)NCCCc1nnc(SC)n1C1CCCC1. The molecule has 164 valence electrons. The Kier molecular flexibility index (Phi) is 6.75. The van der Waals surface area contributed by atoms with Crippen LogP contribution in [-0.2, 0) is 11.2 Å². The van der Waals surface area contributed by atoms with Crippen LogP contribution < -0.4 is 5.32 Å². The zero-order valence-corrected chi connectivity index (χ0v) is 18.8. The Morgan fingerprint density at radius 3 is 2.68 bits per heavy atom. The predicted molar refractivity (Wildman–Crippen MR) is 122 cm³/mol. The van der Waals surface area contributed by atoms with Crippen LogP contribution in [0.2, 0.25) is 0 Å². The maximum absolute atomic E-state index is 12.5. The summed E-state index contributed by atoms with van der Waals surface area (Å²) in [5.41, 5.74) is 2.18. The Bertz CT molecular complexity index is 945. The summed E-state index contributed by atoms with van der Waals surface area (Å²) in [5.74, 6) is 0.880. The maximum Gasteiger partial charge on any atom is 0.258 e. The van der Waals surface area contributed by atoms with E-state index in [-0.39, 0.29) is 18.2 Å². The highest BCUT2D eigenvalue weighted by molar-refractivity contribution is 7.98. The predicted octanol–water partition coefficient (Wildman–Crippen LogP) is 3.68. The molecule has 1 aliphatic heterocycles. The second kappa shape index (κ2) is 9.68. The molecule has 1 aromatic carbocycles. The van der Waals surface area contributed by atoms with Crippen molar-refractivity contribution in [1.29, 1.82) is 0 Å². The van der Waals surface area contributed by atoms with Crippen LogP contribution in [0, 0.1) is 0 Å². The van der Waals surface area contributed by atoms with Crippen molar-refractivity contribution in [3.05, 3.63) is 47.8 Å². The second-order valence-electron chi connectivity index (χ2n) is 8.06. The molecule has 1 saturated carbocycles. The lowest BCUT2D eigenvalue weighted by Crippen LogP contribution is -2.31. The number of benzene rings is 1. The summed E-state index contributed by atoms with van der Waals surface area (Å²) in [6.45, 7) is 4.94. The van der Waals surface area contributed by atoms with Gasteiger partial charge in [0.2, 0.25) is 5.91 Å². The van der Waals surface area contributed by atoms with E-state index in [4.69, 9.17) is 0 Å². The molecular formula is C23H29N5O2S. The molecule has 31 heavy (non-hydrogen) atoms. The van der Waals surface area contributed by atoms with E-state index >= 15 is 0 Å². The molecule has 2 aliphatic rings. The van der Waals surface area contributed by atoms with Crippen molar-refractivity contribution in [3.63, 3.8) is 0 Å². The van der Waals surface area contributed by atoms with Gasteiger partial charge in [0.05, 0.1) is 0 Å². The first-order chi connectivity index (χ1) is 15.1. The van der Waals surface area contributed by atoms with Gasteiger partial charge >= 0.3 is 0 Å². The van der Waals surface area contributed by atoms with Gasteiger partial charge in [0, 0.05) is 48.8 Å². The highest BCUT2D eigenvalue weighted by Crippen LogP contribution is 2.33. The minimum absolute atomic E-state index is 0.0568. The minimum Gasteiger partial charge on any atom is -0.356 e. The van der Waals surface area contributed by atoms with Crippen LogP contribution in [0.15, 0.2) is 36.0 Å². The van der Waals surface area contributed by atoms with E-state index in [9.17, 15) is 9.59 Å². The molecule has 2 heterocycles. The van der Waals surface area contributed by atoms with Crippen molar-refractivity contribution in [2.45, 2.75) is 56.1 Å². The molecule has 0 atom stereocenters. The summed E-state index contributed by atoms with van der Waals surface area (Å²) in [5, 5.41) is 12.7. The van der Waals surface area contributed by atoms with Crippen molar-refractivity contribution in [1.82, 2.24) is 25.0 Å². The fraction of sp³-hybridized carbons (Fsp3) is 0.478. The molecule has 0 spiro atoms. The molecule has 0 radical (unpaired) electrons. The highest BCUT2D eigenvalue weighted by atomic mass is 32.2. The standard InChI is InChI=1S/C23H29N5O2S/c1-16-18-10-5-6-11-19(18)22(30)27(16)15-13-21(29)24-14-7-12-20-25-26-23(31-2)28(20)17-8-3-4-9-17/h5-6,10-11,17H,1,3-4,7-9,12-15H2,2H3,(H,24,29). The lowest BCUT2D eigenvalue weighted by molar-refractivity contribution is -0.121. The lowest BCUT2D eigenvalue weighted by atomic mass is 10.1. The van der Waals surface area contributed by atoms with Gasteiger partial charge in [-0.05, 0) is 31.6 Å². The van der Waals surface area contributed by atoms with E-state index in [1.165, 1.54) is 25.7 Å². The van der Waals surface area contributed by atoms with Crippen molar-refractivity contribution < 1.29 is 9.59 Å². The fourth-order valence-corrected chi connectivity index (χ4v) is 5.07. The molecule has 0 saturated heterocycles. The van der Waals surface area contributed by atoms with Crippen molar-refractivity contribution >= 4 is 29.3 Å². The average molecular weight is 440 g/mol. The van der Waals surface area contributed by atoms with Gasteiger partial charge in [0.15, 0.2) is 5.16 Å². The summed E-state index contributed by atoms with van der Waals surface area (Å²) in [7, 11) is 0. The molecule has 8 heteroatoms. The number of nitrogens with zero attached hydrogens (tertiary/aromatic N) is 4. The van der Waals surface area contributed by atoms with Gasteiger partial charge in [0.25, 0.3) is 5.91 Å². The second-order valence-corrected chi connectivity index (χ2v) is 8.84. The summed E-state index contributed by atoms with van der Waals surface area (Å²) < 4.78 is 2.31. The topological polar surface area (TPSA) is 80.1 Å². The average Bonchev–Trinajstić information content (AvgIpc) is 3.50. The molecule has 1 aromatic heterocycles. The van der Waals surface area contributed by atoms with Gasteiger partial charge in [-0.3, -0.25) is 9.59 Å². The number of aromatic nitrogens is 3. The number of hydrogen-bond acceptors (Lipinski definition) is 5. The third-order valence-corrected chi connectivity index (χ3v) is 6.75. The number of aryl methyl sites for hydroxylation is 1. The number of nitrogens with one attached hydrogen (secondary N) is 1. The third-order valence-electron chi connectivity index (χ3n) is 6.11. The molecule has 1 fully saturated rings. The summed E-state index contributed by atoms with van der Waals surface area (Å²) in [6, 6.07) is 7.94. The van der Waals surface area contributed by atoms with E-state index in [2.05, 4.69) is 26.7 Å². The molecule has 2 aromatic rings. The van der Waals surface area contributed by atoms with E-state index < -0.39 is 0 Å². The van der Waals surface area contributed by atoms with Gasteiger partial charge in [-0.15, -0.1) is 10.2 Å². The van der Waals surface area contributed by atoms with Crippen molar-refractivity contribution in [2.24, 2.45) is 0 Å². The fourth-order valence-electron chi connectivity index (χ4n) is 4.49. The normalized spacial score (nSPS) is 16.2. The van der Waals surface area contributed by atoms with Gasteiger partial charge in [-0.1, -0.05) is 49.4 Å². The van der Waals surface area contributed by atoms with E-state index in [0.717, 1.165) is 29.4 Å². The Morgan fingerprint density at radius 2 is 1.97 bits per heavy atom. The zero-order valence-electron chi connectivity index (χ0n) is 18.0. The van der Waals surface area contributed by atoms with Crippen molar-refractivity contribution in [3.8, 4) is 0 Å². The number of carbonyl (C=O) groups is 2. The minimum atomic E-state index is -0.0794. The smallest absolute Gasteiger partial charge is 0.258 e. The largest absolute Gasteiger partial charge is 0.356 e. The summed E-state index contributed by atoms with van der Waals surface area (Å²) in [4.78, 5) is 26.4. The van der Waals surface area contributed by atoms with Gasteiger partial charge < -0.3 is 14.8 Å². The lowest BCUT2D eigenvalue weighted by Gasteiger charge is -2.17. The number of hydrogen-bond donors (Lipinski definition) is 1. The Hall–Kier alpha value is -2.61. The molecule has 0 unspecified atom stereocenters. The summed E-state index contributed by atoms with van der Waals surface area (Å²) in [6.07, 6.45) is 8.82. The molecule has 1 N–H and O–H groups in total. The third kappa shape index (κ3) is 4.54. The molecule has 2 amide bonds. The van der Waals surface area contributed by atoms with E-state index in [1.807, 2.05) is 24.5 Å². The quantitative estimate of drug-likeness (QED) is 0.476. The van der Waals surface area contributed by atoms with Gasteiger partial charge in [-0.25, -0.2) is 0 Å². The number of amides is 2. The van der Waals surface area contributed by atoms with Gasteiger partial charge in [0.1, 0.15) is 5.82 Å². The van der Waals surface area contributed by atoms with Crippen LogP contribution in [0.1, 0.15) is 66.3 Å². The first-order valence-corrected chi connectivity index (χ1v) is 12.2. The monoisotopic (exact) mass is 439 g/mol. The first-order valence-electron chi connectivity index (χ1n) is 10.9. The van der Waals surface area contributed by atoms with Crippen LogP contribution in [0.25, 0.3) is 5.70 Å². The van der Waals surface area contributed by atoms with Crippen molar-refractivity contribution in [2.75, 3.05) is 19.3 Å². The molecule has 7 nitrogen and oxygen atoms in total. The molecule has 4 rings (SSSR count). The number of fused-ring (bicyclic) bond motifs is 1. The van der Waals surface area contributed by atoms with Crippen LogP contribution >= 0.6 is 11.8 Å². The maximum atomic E-state index is 12.5. The first kappa shape index (κ1) is 21.6. The Labute approximate surface area is 187 Å². The van der Waals surface area contributed by atoms with Crippen LogP contribution in [0.3, 0.4) is 0 Å². The van der Waals surface area contributed by atoms with E-state index in [1.54, 1.807) is 22.7 Å². The Balaban J connectivity index is 1.23. The Morgan fingerprint density at radius 1 is 1.23 bits per heavy atom. The summed E-state index contributed by atoms with van der Waals surface area (Å²) >= 11 is 1.64. The van der Waals surface area contributed by atoms with Crippen LogP contribution in [0.4, 0.5) is 0 Å². The number of rotatable bonds is 9. The zero-order chi connectivity index (χ0) is 21.8. The van der Waals surface area contributed by atoms with Crippen LogP contribution in [0.5, 0.6) is 0 Å². The molecule has 0 bridgehead atoms. The van der Waals surface area contributed by atoms with Crippen LogP contribution in [-0.4, -0.2) is 50.8 Å². The molecule has 1 aliphatic carbocycles.